The lowest BCUT2D eigenvalue weighted by molar-refractivity contribution is 0.826. The summed E-state index contributed by atoms with van der Waals surface area (Å²) in [6.07, 6.45) is 1.60. The Morgan fingerprint density at radius 1 is 1.53 bits per heavy atom. The molecule has 2 N–H and O–H groups in total. The smallest absolute Gasteiger partial charge is 0.205 e. The van der Waals surface area contributed by atoms with Crippen LogP contribution < -0.4 is 10.6 Å². The Morgan fingerprint density at radius 3 is 2.73 bits per heavy atom. The summed E-state index contributed by atoms with van der Waals surface area (Å²) in [6.45, 7) is 5.87. The Kier molecular flexibility index (Phi) is 4.90. The maximum absolute atomic E-state index is 5.48. The van der Waals surface area contributed by atoms with Crippen molar-refractivity contribution >= 4 is 33.9 Å². The molecule has 0 atom stereocenters. The molecule has 0 aliphatic rings. The Labute approximate surface area is 99.7 Å². The minimum Gasteiger partial charge on any atom is -0.393 e. The highest BCUT2D eigenvalue weighted by Crippen LogP contribution is 2.17. The monoisotopic (exact) mass is 244 g/mol. The quantitative estimate of drug-likeness (QED) is 0.770. The van der Waals surface area contributed by atoms with E-state index in [0.29, 0.717) is 4.99 Å². The summed E-state index contributed by atoms with van der Waals surface area (Å²) in [6, 6.07) is 0. The predicted molar refractivity (Wildman–Crippen MR) is 68.6 cm³/mol. The van der Waals surface area contributed by atoms with Crippen molar-refractivity contribution in [1.82, 2.24) is 9.36 Å². The van der Waals surface area contributed by atoms with Crippen LogP contribution in [-0.2, 0) is 6.42 Å². The van der Waals surface area contributed by atoms with Crippen molar-refractivity contribution in [2.45, 2.75) is 26.7 Å². The first-order valence-electron chi connectivity index (χ1n) is 5.03. The van der Waals surface area contributed by atoms with E-state index in [1.165, 1.54) is 11.5 Å². The van der Waals surface area contributed by atoms with Gasteiger partial charge in [0.1, 0.15) is 5.82 Å². The summed E-state index contributed by atoms with van der Waals surface area (Å²) >= 11 is 6.30. The maximum Gasteiger partial charge on any atom is 0.205 e. The summed E-state index contributed by atoms with van der Waals surface area (Å²) in [7, 11) is 0. The highest BCUT2D eigenvalue weighted by molar-refractivity contribution is 7.80. The molecular formula is C9H16N4S2. The third-order valence-corrected chi connectivity index (χ3v) is 3.07. The number of nitrogens with zero attached hydrogens (tertiary/aromatic N) is 3. The van der Waals surface area contributed by atoms with Crippen LogP contribution in [0.25, 0.3) is 0 Å². The van der Waals surface area contributed by atoms with Crippen LogP contribution in [0.1, 0.15) is 26.1 Å². The van der Waals surface area contributed by atoms with Crippen LogP contribution in [0, 0.1) is 0 Å². The van der Waals surface area contributed by atoms with Gasteiger partial charge in [-0.3, -0.25) is 0 Å². The van der Waals surface area contributed by atoms with Gasteiger partial charge in [0.05, 0.1) is 4.99 Å². The van der Waals surface area contributed by atoms with Gasteiger partial charge in [-0.25, -0.2) is 4.98 Å². The van der Waals surface area contributed by atoms with E-state index in [9.17, 15) is 0 Å². The number of aryl methyl sites for hydroxylation is 1. The fraction of sp³-hybridized carbons (Fsp3) is 0.667. The molecule has 1 heterocycles. The second kappa shape index (κ2) is 5.97. The highest BCUT2D eigenvalue weighted by Gasteiger charge is 2.09. The van der Waals surface area contributed by atoms with Gasteiger partial charge in [0.2, 0.25) is 5.13 Å². The van der Waals surface area contributed by atoms with Gasteiger partial charge in [-0.1, -0.05) is 19.1 Å². The summed E-state index contributed by atoms with van der Waals surface area (Å²) in [5, 5.41) is 0.964. The molecule has 0 bridgehead atoms. The predicted octanol–water partition coefficient (Wildman–Crippen LogP) is 1.60. The van der Waals surface area contributed by atoms with Crippen LogP contribution in [0.15, 0.2) is 0 Å². The van der Waals surface area contributed by atoms with Crippen LogP contribution in [0.4, 0.5) is 5.13 Å². The first-order valence-corrected chi connectivity index (χ1v) is 6.21. The van der Waals surface area contributed by atoms with Gasteiger partial charge in [0.15, 0.2) is 0 Å². The van der Waals surface area contributed by atoms with Crippen LogP contribution >= 0.6 is 23.8 Å². The number of rotatable bonds is 6. The molecule has 1 rings (SSSR count). The highest BCUT2D eigenvalue weighted by atomic mass is 32.1. The number of anilines is 1. The third kappa shape index (κ3) is 3.71. The molecule has 4 nitrogen and oxygen atoms in total. The van der Waals surface area contributed by atoms with Gasteiger partial charge >= 0.3 is 0 Å². The lowest BCUT2D eigenvalue weighted by atomic mass is 10.4. The normalized spacial score (nSPS) is 10.3. The molecule has 0 radical (unpaired) electrons. The van der Waals surface area contributed by atoms with E-state index in [-0.39, 0.29) is 0 Å². The Hall–Kier alpha value is -0.750. The molecule has 0 aromatic carbocycles. The molecule has 0 spiro atoms. The van der Waals surface area contributed by atoms with Gasteiger partial charge in [0.25, 0.3) is 0 Å². The van der Waals surface area contributed by atoms with Crippen LogP contribution in [0.5, 0.6) is 0 Å². The van der Waals surface area contributed by atoms with Crippen molar-refractivity contribution in [3.8, 4) is 0 Å². The van der Waals surface area contributed by atoms with E-state index in [1.807, 2.05) is 0 Å². The van der Waals surface area contributed by atoms with Gasteiger partial charge in [-0.2, -0.15) is 4.37 Å². The van der Waals surface area contributed by atoms with E-state index in [4.69, 9.17) is 18.0 Å². The Bertz CT molecular complexity index is 324. The van der Waals surface area contributed by atoms with Crippen LogP contribution in [-0.4, -0.2) is 27.4 Å². The molecule has 1 aromatic heterocycles. The zero-order valence-electron chi connectivity index (χ0n) is 9.06. The molecule has 0 unspecified atom stereocenters. The van der Waals surface area contributed by atoms with Crippen molar-refractivity contribution in [2.75, 3.05) is 18.0 Å². The minimum atomic E-state index is 0.550. The second-order valence-electron chi connectivity index (χ2n) is 3.14. The molecule has 6 heteroatoms. The number of hydrogen-bond acceptors (Lipinski definition) is 5. The summed E-state index contributed by atoms with van der Waals surface area (Å²) in [4.78, 5) is 7.13. The maximum atomic E-state index is 5.48. The Morgan fingerprint density at radius 2 is 2.27 bits per heavy atom. The fourth-order valence-electron chi connectivity index (χ4n) is 1.15. The first kappa shape index (κ1) is 12.3. The fourth-order valence-corrected chi connectivity index (χ4v) is 2.08. The summed E-state index contributed by atoms with van der Waals surface area (Å²) in [5.74, 6) is 0.906. The van der Waals surface area contributed by atoms with Gasteiger partial charge in [-0.05, 0) is 6.92 Å². The average molecular weight is 244 g/mol. The van der Waals surface area contributed by atoms with Gasteiger partial charge in [0, 0.05) is 37.5 Å². The molecule has 0 aliphatic heterocycles. The molecule has 1 aromatic rings. The molecule has 0 saturated carbocycles. The van der Waals surface area contributed by atoms with E-state index in [0.717, 1.165) is 36.9 Å². The van der Waals surface area contributed by atoms with E-state index in [1.54, 1.807) is 0 Å². The van der Waals surface area contributed by atoms with Crippen molar-refractivity contribution in [1.29, 1.82) is 0 Å². The topological polar surface area (TPSA) is 55.0 Å². The Balaban J connectivity index is 2.61. The first-order chi connectivity index (χ1) is 7.17. The third-order valence-electron chi connectivity index (χ3n) is 2.05. The number of aromatic nitrogens is 2. The van der Waals surface area contributed by atoms with Crippen molar-refractivity contribution in [3.63, 3.8) is 0 Å². The lowest BCUT2D eigenvalue weighted by Gasteiger charge is -2.18. The van der Waals surface area contributed by atoms with Crippen molar-refractivity contribution in [2.24, 2.45) is 5.73 Å². The van der Waals surface area contributed by atoms with E-state index >= 15 is 0 Å². The molecule has 0 fully saturated rings. The van der Waals surface area contributed by atoms with Gasteiger partial charge in [-0.15, -0.1) is 0 Å². The minimum absolute atomic E-state index is 0.550. The van der Waals surface area contributed by atoms with Crippen LogP contribution in [0.2, 0.25) is 0 Å². The molecule has 0 saturated heterocycles. The average Bonchev–Trinajstić information content (AvgIpc) is 2.67. The van der Waals surface area contributed by atoms with E-state index in [2.05, 4.69) is 28.1 Å². The largest absolute Gasteiger partial charge is 0.393 e. The zero-order chi connectivity index (χ0) is 11.3. The molecule has 84 valence electrons. The van der Waals surface area contributed by atoms with Gasteiger partial charge < -0.3 is 10.6 Å². The molecular weight excluding hydrogens is 228 g/mol. The second-order valence-corrected chi connectivity index (χ2v) is 4.40. The number of thiocarbonyl (C=S) groups is 1. The van der Waals surface area contributed by atoms with E-state index < -0.39 is 0 Å². The van der Waals surface area contributed by atoms with Crippen molar-refractivity contribution in [3.05, 3.63) is 5.82 Å². The zero-order valence-corrected chi connectivity index (χ0v) is 10.7. The summed E-state index contributed by atoms with van der Waals surface area (Å²) < 4.78 is 4.26. The van der Waals surface area contributed by atoms with Crippen molar-refractivity contribution < 1.29 is 0 Å². The lowest BCUT2D eigenvalue weighted by Crippen LogP contribution is -2.27. The van der Waals surface area contributed by atoms with Crippen LogP contribution in [0.3, 0.4) is 0 Å². The molecule has 0 amide bonds. The summed E-state index contributed by atoms with van der Waals surface area (Å²) in [5.41, 5.74) is 5.48. The number of hydrogen-bond donors (Lipinski definition) is 1. The standard InChI is InChI=1S/C9H16N4S2/c1-3-8-11-9(15-12-8)13(4-2)6-5-7(10)14/h3-6H2,1-2H3,(H2,10,14). The SMILES string of the molecule is CCc1nsc(N(CC)CCC(N)=S)n1. The molecule has 0 aliphatic carbocycles. The number of nitrogens with two attached hydrogens (primary N) is 1. The molecule has 15 heavy (non-hydrogen) atoms.